The Morgan fingerprint density at radius 3 is 2.86 bits per heavy atom. The number of pyridine rings is 3. The summed E-state index contributed by atoms with van der Waals surface area (Å²) < 4.78 is 7.93. The number of H-pyrrole nitrogens is 1. The summed E-state index contributed by atoms with van der Waals surface area (Å²) in [4.78, 5) is 13.5. The van der Waals surface area contributed by atoms with Crippen LogP contribution in [0, 0.1) is 6.92 Å². The molecule has 0 saturated heterocycles. The first-order chi connectivity index (χ1) is 14.1. The van der Waals surface area contributed by atoms with Crippen molar-refractivity contribution in [2.45, 2.75) is 20.0 Å². The van der Waals surface area contributed by atoms with E-state index in [0.717, 1.165) is 27.7 Å². The molecule has 9 nitrogen and oxygen atoms in total. The number of anilines is 1. The van der Waals surface area contributed by atoms with Gasteiger partial charge < -0.3 is 10.5 Å². The molecule has 1 atom stereocenters. The van der Waals surface area contributed by atoms with E-state index in [0.29, 0.717) is 22.9 Å². The number of rotatable bonds is 4. The van der Waals surface area contributed by atoms with Crippen LogP contribution in [-0.2, 0) is 0 Å². The fourth-order valence-electron chi connectivity index (χ4n) is 3.28. The van der Waals surface area contributed by atoms with E-state index in [9.17, 15) is 0 Å². The third-order valence-corrected chi connectivity index (χ3v) is 4.70. The fourth-order valence-corrected chi connectivity index (χ4v) is 3.28. The predicted octanol–water partition coefficient (Wildman–Crippen LogP) is 3.12. The van der Waals surface area contributed by atoms with E-state index in [1.807, 2.05) is 44.3 Å². The molecule has 0 aliphatic carbocycles. The van der Waals surface area contributed by atoms with Crippen LogP contribution >= 0.6 is 0 Å². The molecule has 29 heavy (non-hydrogen) atoms. The van der Waals surface area contributed by atoms with Gasteiger partial charge in [-0.15, -0.1) is 0 Å². The van der Waals surface area contributed by atoms with E-state index in [1.54, 1.807) is 23.3 Å². The zero-order valence-corrected chi connectivity index (χ0v) is 15.9. The van der Waals surface area contributed by atoms with Gasteiger partial charge in [0.25, 0.3) is 0 Å². The molecule has 0 bridgehead atoms. The highest BCUT2D eigenvalue weighted by atomic mass is 16.5. The number of hydrogen-bond donors (Lipinski definition) is 2. The summed E-state index contributed by atoms with van der Waals surface area (Å²) in [5, 5.41) is 13.1. The van der Waals surface area contributed by atoms with Crippen LogP contribution in [0.4, 0.5) is 5.82 Å². The normalized spacial score (nSPS) is 12.5. The van der Waals surface area contributed by atoms with Crippen molar-refractivity contribution in [2.75, 3.05) is 5.73 Å². The monoisotopic (exact) mass is 386 g/mol. The third kappa shape index (κ3) is 3.02. The molecule has 3 N–H and O–H groups in total. The average molecular weight is 386 g/mol. The topological polar surface area (TPSA) is 120 Å². The lowest BCUT2D eigenvalue weighted by atomic mass is 10.1. The number of aromatic nitrogens is 7. The lowest BCUT2D eigenvalue weighted by Gasteiger charge is -2.18. The molecule has 0 saturated carbocycles. The molecule has 0 unspecified atom stereocenters. The highest BCUT2D eigenvalue weighted by molar-refractivity contribution is 5.82. The van der Waals surface area contributed by atoms with Gasteiger partial charge in [-0.25, -0.2) is 14.6 Å². The second-order valence-corrected chi connectivity index (χ2v) is 6.80. The predicted molar refractivity (Wildman–Crippen MR) is 109 cm³/mol. The van der Waals surface area contributed by atoms with Crippen LogP contribution in [0.5, 0.6) is 5.75 Å². The van der Waals surface area contributed by atoms with Gasteiger partial charge in [-0.3, -0.25) is 10.1 Å². The maximum atomic E-state index is 6.18. The summed E-state index contributed by atoms with van der Waals surface area (Å²) in [6.07, 6.45) is 6.65. The van der Waals surface area contributed by atoms with Crippen LogP contribution in [0.3, 0.4) is 0 Å². The van der Waals surface area contributed by atoms with Crippen molar-refractivity contribution in [3.8, 4) is 11.4 Å². The number of fused-ring (bicyclic) bond motifs is 2. The lowest BCUT2D eigenvalue weighted by molar-refractivity contribution is 0.223. The fraction of sp³-hybridized carbons (Fsp3) is 0.150. The van der Waals surface area contributed by atoms with Crippen LogP contribution in [-0.4, -0.2) is 34.9 Å². The number of hydrogen-bond acceptors (Lipinski definition) is 7. The number of nitrogens with zero attached hydrogens (tertiary/aromatic N) is 6. The molecule has 0 aliphatic heterocycles. The molecular formula is C20H18N8O. The van der Waals surface area contributed by atoms with Crippen LogP contribution < -0.4 is 10.5 Å². The highest BCUT2D eigenvalue weighted by Crippen LogP contribution is 2.31. The van der Waals surface area contributed by atoms with Crippen molar-refractivity contribution >= 4 is 27.8 Å². The highest BCUT2D eigenvalue weighted by Gasteiger charge is 2.19. The molecule has 9 heteroatoms. The smallest absolute Gasteiger partial charge is 0.166 e. The molecule has 5 rings (SSSR count). The Balaban J connectivity index is 1.57. The summed E-state index contributed by atoms with van der Waals surface area (Å²) >= 11 is 0. The zero-order chi connectivity index (χ0) is 20.0. The molecule has 5 aromatic rings. The van der Waals surface area contributed by atoms with Crippen molar-refractivity contribution in [3.05, 3.63) is 60.4 Å². The van der Waals surface area contributed by atoms with Gasteiger partial charge in [0, 0.05) is 35.1 Å². The van der Waals surface area contributed by atoms with Crippen LogP contribution in [0.15, 0.2) is 49.1 Å². The molecular weight excluding hydrogens is 368 g/mol. The van der Waals surface area contributed by atoms with Crippen molar-refractivity contribution < 1.29 is 4.74 Å². The van der Waals surface area contributed by atoms with Gasteiger partial charge in [0.2, 0.25) is 0 Å². The Morgan fingerprint density at radius 2 is 2.03 bits per heavy atom. The molecule has 0 aliphatic rings. The maximum Gasteiger partial charge on any atom is 0.166 e. The Kier molecular flexibility index (Phi) is 3.87. The van der Waals surface area contributed by atoms with Crippen molar-refractivity contribution in [2.24, 2.45) is 0 Å². The Labute approximate surface area is 165 Å². The van der Waals surface area contributed by atoms with E-state index in [1.165, 1.54) is 0 Å². The SMILES string of the molecule is Cc1cc2nc(N)c(O[C@@H](C)c3nc4[nH]ncc4cc3-n3cccn3)cc2cn1. The molecule has 0 amide bonds. The largest absolute Gasteiger partial charge is 0.480 e. The van der Waals surface area contributed by atoms with E-state index in [2.05, 4.69) is 25.3 Å². The first kappa shape index (κ1) is 17.1. The second kappa shape index (κ2) is 6.55. The average Bonchev–Trinajstić information content (AvgIpc) is 3.39. The molecule has 0 spiro atoms. The van der Waals surface area contributed by atoms with E-state index in [-0.39, 0.29) is 0 Å². The van der Waals surface area contributed by atoms with E-state index < -0.39 is 6.10 Å². The summed E-state index contributed by atoms with van der Waals surface area (Å²) in [6.45, 7) is 3.83. The Bertz CT molecular complexity index is 1330. The first-order valence-electron chi connectivity index (χ1n) is 9.12. The minimum atomic E-state index is -0.415. The number of nitrogens with one attached hydrogen (secondary N) is 1. The first-order valence-corrected chi connectivity index (χ1v) is 9.12. The number of ether oxygens (including phenoxy) is 1. The van der Waals surface area contributed by atoms with E-state index >= 15 is 0 Å². The van der Waals surface area contributed by atoms with Crippen LogP contribution in [0.1, 0.15) is 24.4 Å². The third-order valence-electron chi connectivity index (χ3n) is 4.70. The molecule has 144 valence electrons. The Hall–Kier alpha value is -4.01. The van der Waals surface area contributed by atoms with Crippen molar-refractivity contribution in [3.63, 3.8) is 0 Å². The zero-order valence-electron chi connectivity index (χ0n) is 15.9. The van der Waals surface area contributed by atoms with Gasteiger partial charge in [-0.05, 0) is 38.1 Å². The van der Waals surface area contributed by atoms with Gasteiger partial charge in [-0.1, -0.05) is 0 Å². The molecule has 5 heterocycles. The minimum Gasteiger partial charge on any atom is -0.480 e. The van der Waals surface area contributed by atoms with Gasteiger partial charge >= 0.3 is 0 Å². The molecule has 5 aromatic heterocycles. The molecule has 0 radical (unpaired) electrons. The summed E-state index contributed by atoms with van der Waals surface area (Å²) in [6, 6.07) is 7.57. The summed E-state index contributed by atoms with van der Waals surface area (Å²) in [5.41, 5.74) is 10.0. The summed E-state index contributed by atoms with van der Waals surface area (Å²) in [7, 11) is 0. The quantitative estimate of drug-likeness (QED) is 0.487. The van der Waals surface area contributed by atoms with E-state index in [4.69, 9.17) is 15.5 Å². The maximum absolute atomic E-state index is 6.18. The number of aromatic amines is 1. The van der Waals surface area contributed by atoms with Gasteiger partial charge in [-0.2, -0.15) is 10.2 Å². The van der Waals surface area contributed by atoms with Crippen LogP contribution in [0.25, 0.3) is 27.6 Å². The minimum absolute atomic E-state index is 0.318. The van der Waals surface area contributed by atoms with Gasteiger partial charge in [0.15, 0.2) is 17.2 Å². The van der Waals surface area contributed by atoms with Gasteiger partial charge in [0.05, 0.1) is 17.4 Å². The second-order valence-electron chi connectivity index (χ2n) is 6.80. The van der Waals surface area contributed by atoms with Crippen molar-refractivity contribution in [1.82, 2.24) is 34.9 Å². The Morgan fingerprint density at radius 1 is 1.14 bits per heavy atom. The number of nitrogen functional groups attached to an aromatic ring is 1. The lowest BCUT2D eigenvalue weighted by Crippen LogP contribution is -2.12. The summed E-state index contributed by atoms with van der Waals surface area (Å²) in [5.74, 6) is 0.798. The standard InChI is InChI=1S/C20H18N8O/c1-11-6-15-13(9-22-11)8-17(19(21)25-15)29-12(2)18-16(28-5-3-4-24-28)7-14-10-23-27-20(14)26-18/h3-10,12H,1-2H3,(H2,21,25)(H,23,26,27)/t12-/m0/s1. The molecule has 0 fully saturated rings. The number of nitrogens with two attached hydrogens (primary N) is 1. The number of aryl methyl sites for hydroxylation is 1. The van der Waals surface area contributed by atoms with Crippen LogP contribution in [0.2, 0.25) is 0 Å². The van der Waals surface area contributed by atoms with Gasteiger partial charge in [0.1, 0.15) is 11.8 Å². The molecule has 0 aromatic carbocycles. The van der Waals surface area contributed by atoms with Crippen molar-refractivity contribution in [1.29, 1.82) is 0 Å².